The Balaban J connectivity index is 1.29. The lowest BCUT2D eigenvalue weighted by atomic mass is 9.78. The van der Waals surface area contributed by atoms with E-state index in [1.807, 2.05) is 6.20 Å². The minimum absolute atomic E-state index is 0.770. The van der Waals surface area contributed by atoms with E-state index in [0.717, 1.165) is 30.0 Å². The molecule has 260 valence electrons. The molecule has 55 heavy (non-hydrogen) atoms. The Morgan fingerprint density at radius 2 is 1.07 bits per heavy atom. The molecule has 9 aromatic rings. The highest BCUT2D eigenvalue weighted by atomic mass is 15.2. The normalized spacial score (nSPS) is 12.1. The summed E-state index contributed by atoms with van der Waals surface area (Å²) in [6.45, 7) is 0. The molecule has 1 aromatic heterocycles. The number of hydrogen-bond acceptors (Lipinski definition) is 3. The molecule has 3 nitrogen and oxygen atoms in total. The summed E-state index contributed by atoms with van der Waals surface area (Å²) in [5.74, 6) is 0.770. The lowest BCUT2D eigenvalue weighted by Gasteiger charge is -2.27. The Morgan fingerprint density at radius 3 is 1.73 bits per heavy atom. The van der Waals surface area contributed by atoms with Crippen molar-refractivity contribution in [2.75, 3.05) is 4.90 Å². The molecule has 3 heteroatoms. The maximum absolute atomic E-state index is 4.83. The fourth-order valence-electron chi connectivity index (χ4n) is 8.40. The number of rotatable bonds is 7. The van der Waals surface area contributed by atoms with Gasteiger partial charge in [0, 0.05) is 23.8 Å². The van der Waals surface area contributed by atoms with Gasteiger partial charge in [-0.15, -0.1) is 0 Å². The van der Waals surface area contributed by atoms with Gasteiger partial charge in [-0.05, 0) is 120 Å². The number of aryl methyl sites for hydroxylation is 1. The highest BCUT2D eigenvalue weighted by Crippen LogP contribution is 2.50. The molecule has 10 rings (SSSR count). The molecule has 0 amide bonds. The fourth-order valence-corrected chi connectivity index (χ4v) is 8.40. The van der Waals surface area contributed by atoms with Crippen molar-refractivity contribution in [3.63, 3.8) is 0 Å². The van der Waals surface area contributed by atoms with Crippen LogP contribution >= 0.6 is 0 Å². The van der Waals surface area contributed by atoms with Crippen LogP contribution in [0.4, 0.5) is 17.2 Å². The van der Waals surface area contributed by atoms with E-state index in [1.165, 1.54) is 77.2 Å². The minimum atomic E-state index is 0.770. The number of hydrogen-bond donors (Lipinski definition) is 0. The van der Waals surface area contributed by atoms with Gasteiger partial charge in [0.25, 0.3) is 0 Å². The van der Waals surface area contributed by atoms with Crippen LogP contribution in [0.5, 0.6) is 0 Å². The monoisotopic (exact) mass is 703 g/mol. The number of benzene rings is 8. The molecular formula is C52H37N3. The lowest BCUT2D eigenvalue weighted by Crippen LogP contribution is -2.12. The van der Waals surface area contributed by atoms with Crippen LogP contribution < -0.4 is 4.90 Å². The molecule has 0 spiro atoms. The first-order valence-corrected chi connectivity index (χ1v) is 19.0. The molecule has 0 N–H and O–H groups in total. The maximum Gasteiger partial charge on any atom is 0.156 e. The summed E-state index contributed by atoms with van der Waals surface area (Å²) in [6.07, 6.45) is 12.0. The van der Waals surface area contributed by atoms with Gasteiger partial charge in [-0.2, -0.15) is 0 Å². The van der Waals surface area contributed by atoms with Gasteiger partial charge in [-0.3, -0.25) is 9.88 Å². The molecule has 8 aromatic carbocycles. The molecule has 1 aliphatic carbocycles. The van der Waals surface area contributed by atoms with Crippen LogP contribution in [0.25, 0.3) is 72.1 Å². The van der Waals surface area contributed by atoms with Crippen LogP contribution in [0.3, 0.4) is 0 Å². The standard InChI is InChI=1S/C52H37N3/c1-5-15-36(16-6-1)37-25-27-41(28-26-37)55(49-35-53-31-32-54-49)42-29-30-45-48(33-42)43-23-13-14-24-44(43)51-47(39-19-9-3-10-20-39)34-46(38-17-7-2-8-18-38)50(52(45)51)40-21-11-4-12-22-40/h1-12,14-22,24-35H,13,23H2. The van der Waals surface area contributed by atoms with E-state index in [1.54, 1.807) is 12.4 Å². The van der Waals surface area contributed by atoms with E-state index < -0.39 is 0 Å². The van der Waals surface area contributed by atoms with Crippen molar-refractivity contribution < 1.29 is 0 Å². The second-order valence-corrected chi connectivity index (χ2v) is 14.1. The van der Waals surface area contributed by atoms with Gasteiger partial charge >= 0.3 is 0 Å². The third kappa shape index (κ3) is 5.87. The van der Waals surface area contributed by atoms with E-state index >= 15 is 0 Å². The SMILES string of the molecule is C1=Cc2c(c3cc(N(c4ccc(-c5ccccc5)cc4)c4cnccn4)ccc3c3c(-c4ccccc4)c(-c4ccccc4)cc(-c4ccccc4)c23)CC1. The Labute approximate surface area is 321 Å². The van der Waals surface area contributed by atoms with Crippen molar-refractivity contribution in [3.8, 4) is 44.5 Å². The number of fused-ring (bicyclic) bond motifs is 6. The van der Waals surface area contributed by atoms with Crippen molar-refractivity contribution >= 4 is 44.8 Å². The van der Waals surface area contributed by atoms with E-state index in [2.05, 4.69) is 192 Å². The van der Waals surface area contributed by atoms with Crippen LogP contribution in [0.2, 0.25) is 0 Å². The molecule has 1 aliphatic rings. The zero-order chi connectivity index (χ0) is 36.6. The largest absolute Gasteiger partial charge is 0.294 e. The number of allylic oxidation sites excluding steroid dienone is 1. The van der Waals surface area contributed by atoms with E-state index in [-0.39, 0.29) is 0 Å². The van der Waals surface area contributed by atoms with Crippen molar-refractivity contribution in [2.24, 2.45) is 0 Å². The summed E-state index contributed by atoms with van der Waals surface area (Å²) in [6, 6.07) is 61.4. The summed E-state index contributed by atoms with van der Waals surface area (Å²) in [5, 5.41) is 5.09. The predicted molar refractivity (Wildman–Crippen MR) is 231 cm³/mol. The number of nitrogens with zero attached hydrogens (tertiary/aromatic N) is 3. The predicted octanol–water partition coefficient (Wildman–Crippen LogP) is 13.9. The Morgan fingerprint density at radius 1 is 0.473 bits per heavy atom. The van der Waals surface area contributed by atoms with E-state index in [9.17, 15) is 0 Å². The van der Waals surface area contributed by atoms with Gasteiger partial charge in [-0.1, -0.05) is 152 Å². The van der Waals surface area contributed by atoms with Crippen LogP contribution in [-0.2, 0) is 6.42 Å². The summed E-state index contributed by atoms with van der Waals surface area (Å²) >= 11 is 0. The summed E-state index contributed by atoms with van der Waals surface area (Å²) < 4.78 is 0. The van der Waals surface area contributed by atoms with Crippen LogP contribution in [0.15, 0.2) is 195 Å². The fraction of sp³-hybridized carbons (Fsp3) is 0.0385. The van der Waals surface area contributed by atoms with Crippen molar-refractivity contribution in [1.29, 1.82) is 0 Å². The zero-order valence-electron chi connectivity index (χ0n) is 30.3. The number of aromatic nitrogens is 2. The third-order valence-electron chi connectivity index (χ3n) is 10.9. The molecule has 0 aliphatic heterocycles. The van der Waals surface area contributed by atoms with Gasteiger partial charge in [0.05, 0.1) is 6.20 Å². The van der Waals surface area contributed by atoms with Gasteiger partial charge in [0.2, 0.25) is 0 Å². The topological polar surface area (TPSA) is 29.0 Å². The molecule has 0 atom stereocenters. The Kier molecular flexibility index (Phi) is 8.31. The second-order valence-electron chi connectivity index (χ2n) is 14.1. The van der Waals surface area contributed by atoms with Crippen molar-refractivity contribution in [2.45, 2.75) is 12.8 Å². The highest BCUT2D eigenvalue weighted by molar-refractivity contribution is 6.25. The Hall–Kier alpha value is -7.10. The van der Waals surface area contributed by atoms with Crippen LogP contribution in [-0.4, -0.2) is 9.97 Å². The van der Waals surface area contributed by atoms with Crippen molar-refractivity contribution in [3.05, 3.63) is 206 Å². The lowest BCUT2D eigenvalue weighted by molar-refractivity contribution is 1.00. The average Bonchev–Trinajstić information content (AvgIpc) is 3.28. The Bertz CT molecular complexity index is 2820. The average molecular weight is 704 g/mol. The smallest absolute Gasteiger partial charge is 0.156 e. The molecular weight excluding hydrogens is 667 g/mol. The summed E-state index contributed by atoms with van der Waals surface area (Å²) in [5.41, 5.74) is 14.5. The summed E-state index contributed by atoms with van der Waals surface area (Å²) in [7, 11) is 0. The second kappa shape index (κ2) is 14.0. The van der Waals surface area contributed by atoms with Gasteiger partial charge in [0.15, 0.2) is 5.82 Å². The first kappa shape index (κ1) is 32.5. The first-order chi connectivity index (χ1) is 27.3. The molecule has 0 saturated carbocycles. The summed E-state index contributed by atoms with van der Waals surface area (Å²) in [4.78, 5) is 11.6. The first-order valence-electron chi connectivity index (χ1n) is 19.0. The molecule has 0 bridgehead atoms. The maximum atomic E-state index is 4.83. The van der Waals surface area contributed by atoms with Crippen molar-refractivity contribution in [1.82, 2.24) is 9.97 Å². The third-order valence-corrected chi connectivity index (χ3v) is 10.9. The van der Waals surface area contributed by atoms with Crippen LogP contribution in [0.1, 0.15) is 17.5 Å². The molecule has 0 fully saturated rings. The van der Waals surface area contributed by atoms with Crippen LogP contribution in [0, 0.1) is 0 Å². The van der Waals surface area contributed by atoms with E-state index in [4.69, 9.17) is 4.98 Å². The quantitative estimate of drug-likeness (QED) is 0.155. The zero-order valence-corrected chi connectivity index (χ0v) is 30.3. The highest BCUT2D eigenvalue weighted by Gasteiger charge is 2.25. The minimum Gasteiger partial charge on any atom is -0.294 e. The molecule has 1 heterocycles. The van der Waals surface area contributed by atoms with E-state index in [0.29, 0.717) is 0 Å². The molecule has 0 saturated heterocycles. The van der Waals surface area contributed by atoms with Gasteiger partial charge in [-0.25, -0.2) is 4.98 Å². The molecule has 0 radical (unpaired) electrons. The molecule has 0 unspecified atom stereocenters. The van der Waals surface area contributed by atoms with Gasteiger partial charge < -0.3 is 0 Å². The van der Waals surface area contributed by atoms with Gasteiger partial charge in [0.1, 0.15) is 0 Å². The number of anilines is 3.